The highest BCUT2D eigenvalue weighted by molar-refractivity contribution is 5.70. The van der Waals surface area contributed by atoms with Crippen molar-refractivity contribution < 1.29 is 38.2 Å². The maximum Gasteiger partial charge on any atom is 0.306 e. The lowest BCUT2D eigenvalue weighted by Gasteiger charge is -2.34. The van der Waals surface area contributed by atoms with Crippen LogP contribution in [0.15, 0.2) is 85.1 Å². The average molecular weight is 768 g/mol. The van der Waals surface area contributed by atoms with Gasteiger partial charge in [0, 0.05) is 19.3 Å². The number of rotatable bonds is 36. The van der Waals surface area contributed by atoms with Crippen LogP contribution in [0.5, 0.6) is 0 Å². The van der Waals surface area contributed by atoms with Crippen molar-refractivity contribution in [1.82, 2.24) is 0 Å². The number of carbonyl (C=O) groups is 3. The molecule has 8 heteroatoms. The number of carbonyl (C=O) groups excluding carboxylic acids is 3. The minimum atomic E-state index is -1.14. The lowest BCUT2D eigenvalue weighted by molar-refractivity contribution is -0.889. The SMILES string of the molecule is CC/C=C/C/C=C/C/C=C/C/C=C/C/C=C/CCCCCC(=O)OC(COCCC(C(=O)[O-])[N+](C)(C)C)COC(=O)CCCCCCC/C=C/C/C=C/CC. The van der Waals surface area contributed by atoms with Crippen molar-refractivity contribution in [3.63, 3.8) is 0 Å². The van der Waals surface area contributed by atoms with Gasteiger partial charge in [0.05, 0.1) is 40.3 Å². The Morgan fingerprint density at radius 3 is 1.44 bits per heavy atom. The molecule has 0 aromatic carbocycles. The Bertz CT molecular complexity index is 1170. The van der Waals surface area contributed by atoms with Gasteiger partial charge in [0.25, 0.3) is 0 Å². The van der Waals surface area contributed by atoms with Gasteiger partial charge in [-0.2, -0.15) is 0 Å². The molecule has 0 aliphatic rings. The summed E-state index contributed by atoms with van der Waals surface area (Å²) in [5.41, 5.74) is 0. The summed E-state index contributed by atoms with van der Waals surface area (Å²) in [5.74, 6) is -1.81. The number of likely N-dealkylation sites (N-methyl/N-ethyl adjacent to an activating group) is 1. The van der Waals surface area contributed by atoms with Crippen molar-refractivity contribution in [3.8, 4) is 0 Å². The molecule has 0 amide bonds. The van der Waals surface area contributed by atoms with Crippen LogP contribution in [0.4, 0.5) is 0 Å². The zero-order chi connectivity index (χ0) is 40.7. The number of nitrogens with zero attached hydrogens (tertiary/aromatic N) is 1. The number of esters is 2. The molecule has 8 nitrogen and oxygen atoms in total. The van der Waals surface area contributed by atoms with E-state index in [1.165, 1.54) is 0 Å². The Kier molecular flexibility index (Phi) is 35.1. The normalized spacial score (nSPS) is 13.8. The molecule has 0 fully saturated rings. The van der Waals surface area contributed by atoms with Gasteiger partial charge in [-0.15, -0.1) is 0 Å². The van der Waals surface area contributed by atoms with Crippen molar-refractivity contribution in [2.24, 2.45) is 0 Å². The highest BCUT2D eigenvalue weighted by Gasteiger charge is 2.25. The fourth-order valence-electron chi connectivity index (χ4n) is 5.54. The largest absolute Gasteiger partial charge is 0.544 e. The molecule has 0 aliphatic heterocycles. The van der Waals surface area contributed by atoms with Crippen molar-refractivity contribution in [2.45, 2.75) is 154 Å². The zero-order valence-corrected chi connectivity index (χ0v) is 35.3. The number of unbranched alkanes of at least 4 members (excludes halogenated alkanes) is 8. The van der Waals surface area contributed by atoms with Crippen LogP contribution in [0.25, 0.3) is 0 Å². The van der Waals surface area contributed by atoms with Crippen LogP contribution in [0, 0.1) is 0 Å². The number of quaternary nitrogens is 1. The smallest absolute Gasteiger partial charge is 0.306 e. The first kappa shape index (κ1) is 51.5. The van der Waals surface area contributed by atoms with Gasteiger partial charge in [0.2, 0.25) is 0 Å². The Balaban J connectivity index is 4.46. The van der Waals surface area contributed by atoms with Gasteiger partial charge in [0.1, 0.15) is 12.6 Å². The zero-order valence-electron chi connectivity index (χ0n) is 35.3. The number of ether oxygens (including phenoxy) is 3. The predicted octanol–water partition coefficient (Wildman–Crippen LogP) is 10.0. The Morgan fingerprint density at radius 2 is 0.964 bits per heavy atom. The van der Waals surface area contributed by atoms with E-state index in [0.717, 1.165) is 103 Å². The molecule has 0 aromatic heterocycles. The summed E-state index contributed by atoms with van der Waals surface area (Å²) in [5, 5.41) is 11.6. The van der Waals surface area contributed by atoms with Gasteiger partial charge >= 0.3 is 11.9 Å². The summed E-state index contributed by atoms with van der Waals surface area (Å²) >= 11 is 0. The molecule has 0 N–H and O–H groups in total. The van der Waals surface area contributed by atoms with Crippen LogP contribution in [-0.2, 0) is 28.6 Å². The number of hydrogen-bond acceptors (Lipinski definition) is 7. The minimum absolute atomic E-state index is 0.0172. The molecule has 55 heavy (non-hydrogen) atoms. The molecule has 0 radical (unpaired) electrons. The summed E-state index contributed by atoms with van der Waals surface area (Å²) in [6.45, 7) is 4.36. The molecule has 0 aromatic rings. The van der Waals surface area contributed by atoms with Gasteiger partial charge < -0.3 is 28.6 Å². The van der Waals surface area contributed by atoms with E-state index in [1.807, 2.05) is 0 Å². The van der Waals surface area contributed by atoms with Gasteiger partial charge in [-0.3, -0.25) is 9.59 Å². The number of aliphatic carboxylic acids is 1. The molecular formula is C47H77NO7. The van der Waals surface area contributed by atoms with Gasteiger partial charge in [-0.25, -0.2) is 0 Å². The molecule has 0 bridgehead atoms. The van der Waals surface area contributed by atoms with Crippen molar-refractivity contribution in [3.05, 3.63) is 85.1 Å². The van der Waals surface area contributed by atoms with Crippen molar-refractivity contribution >= 4 is 17.9 Å². The Hall–Kier alpha value is -3.49. The fraction of sp³-hybridized carbons (Fsp3) is 0.638. The molecule has 312 valence electrons. The lowest BCUT2D eigenvalue weighted by Crippen LogP contribution is -2.55. The Morgan fingerprint density at radius 1 is 0.545 bits per heavy atom. The molecule has 0 aliphatic carbocycles. The van der Waals surface area contributed by atoms with Crippen LogP contribution >= 0.6 is 0 Å². The van der Waals surface area contributed by atoms with Gasteiger partial charge in [-0.05, 0) is 83.5 Å². The number of carboxylic acids is 1. The monoisotopic (exact) mass is 768 g/mol. The van der Waals surface area contributed by atoms with E-state index in [0.29, 0.717) is 12.8 Å². The molecule has 0 rings (SSSR count). The van der Waals surface area contributed by atoms with E-state index in [-0.39, 0.29) is 49.1 Å². The third-order valence-electron chi connectivity index (χ3n) is 8.78. The maximum atomic E-state index is 12.7. The molecular weight excluding hydrogens is 691 g/mol. The van der Waals surface area contributed by atoms with E-state index >= 15 is 0 Å². The second-order valence-corrected chi connectivity index (χ2v) is 14.8. The third-order valence-corrected chi connectivity index (χ3v) is 8.78. The quantitative estimate of drug-likeness (QED) is 0.0271. The lowest BCUT2D eigenvalue weighted by atomic mass is 10.1. The summed E-state index contributed by atoms with van der Waals surface area (Å²) < 4.78 is 17.1. The van der Waals surface area contributed by atoms with Crippen LogP contribution in [0.1, 0.15) is 142 Å². The number of carboxylic acid groups (broad SMARTS) is 1. The van der Waals surface area contributed by atoms with E-state index in [2.05, 4.69) is 98.9 Å². The highest BCUT2D eigenvalue weighted by atomic mass is 16.6. The molecule has 0 spiro atoms. The first-order chi connectivity index (χ1) is 26.6. The molecule has 0 saturated carbocycles. The average Bonchev–Trinajstić information content (AvgIpc) is 3.14. The maximum absolute atomic E-state index is 12.7. The molecule has 2 unspecified atom stereocenters. The van der Waals surface area contributed by atoms with Crippen LogP contribution in [0.2, 0.25) is 0 Å². The first-order valence-electron chi connectivity index (χ1n) is 21.1. The predicted molar refractivity (Wildman–Crippen MR) is 226 cm³/mol. The van der Waals surface area contributed by atoms with E-state index in [4.69, 9.17) is 14.2 Å². The second-order valence-electron chi connectivity index (χ2n) is 14.8. The molecule has 2 atom stereocenters. The molecule has 0 heterocycles. The van der Waals surface area contributed by atoms with Crippen LogP contribution in [-0.4, -0.2) is 75.5 Å². The third kappa shape index (κ3) is 35.9. The fourth-order valence-corrected chi connectivity index (χ4v) is 5.54. The summed E-state index contributed by atoms with van der Waals surface area (Å²) in [6, 6.07) is -0.738. The van der Waals surface area contributed by atoms with Crippen molar-refractivity contribution in [1.29, 1.82) is 0 Å². The van der Waals surface area contributed by atoms with Crippen molar-refractivity contribution in [2.75, 3.05) is 41.0 Å². The van der Waals surface area contributed by atoms with Gasteiger partial charge in [0.15, 0.2) is 6.10 Å². The molecule has 0 saturated heterocycles. The van der Waals surface area contributed by atoms with Crippen LogP contribution in [0.3, 0.4) is 0 Å². The van der Waals surface area contributed by atoms with E-state index in [9.17, 15) is 19.5 Å². The first-order valence-corrected chi connectivity index (χ1v) is 21.1. The summed E-state index contributed by atoms with van der Waals surface area (Å²) in [4.78, 5) is 36.8. The second kappa shape index (κ2) is 37.4. The highest BCUT2D eigenvalue weighted by Crippen LogP contribution is 2.12. The standard InChI is InChI=1S/C47H77NO7/c1-6-8-10-12-14-16-18-20-21-22-23-24-25-26-28-30-32-34-36-38-46(50)55-43(41-53-40-39-44(47(51)52)48(3,4)5)42-54-45(49)37-35-33-31-29-27-19-17-15-13-11-9-7-2/h8-11,14-17,20-21,23-24,26,28,43-44H,6-7,12-13,18-19,22,25,27,29-42H2,1-5H3/b10-8+,11-9+,16-14+,17-15+,21-20+,24-23+,28-26+. The number of hydrogen-bond donors (Lipinski definition) is 0. The van der Waals surface area contributed by atoms with Gasteiger partial charge in [-0.1, -0.05) is 125 Å². The minimum Gasteiger partial charge on any atom is -0.544 e. The number of allylic oxidation sites excluding steroid dienone is 14. The summed E-state index contributed by atoms with van der Waals surface area (Å²) in [7, 11) is 5.37. The van der Waals surface area contributed by atoms with E-state index < -0.39 is 18.1 Å². The summed E-state index contributed by atoms with van der Waals surface area (Å²) in [6.07, 6.45) is 47.5. The topological polar surface area (TPSA) is 102 Å². The van der Waals surface area contributed by atoms with Crippen LogP contribution < -0.4 is 5.11 Å². The Labute approximate surface area is 335 Å². The van der Waals surface area contributed by atoms with E-state index in [1.54, 1.807) is 21.1 Å².